The second kappa shape index (κ2) is 3.91. The molecule has 11 heavy (non-hydrogen) atoms. The van der Waals surface area contributed by atoms with Crippen LogP contribution in [0.15, 0.2) is 11.4 Å². The Balaban J connectivity index is 2.58. The first-order chi connectivity index (χ1) is 5.22. The van der Waals surface area contributed by atoms with Crippen LogP contribution >= 0.6 is 11.3 Å². The molecule has 62 valence electrons. The summed E-state index contributed by atoms with van der Waals surface area (Å²) in [5, 5.41) is 2.28. The topological polar surface area (TPSA) is 0 Å². The molecule has 0 aliphatic rings. The molecule has 0 saturated heterocycles. The van der Waals surface area contributed by atoms with Gasteiger partial charge < -0.3 is 0 Å². The molecule has 0 nitrogen and oxygen atoms in total. The summed E-state index contributed by atoms with van der Waals surface area (Å²) in [5.41, 5.74) is 1.49. The summed E-state index contributed by atoms with van der Waals surface area (Å²) in [4.78, 5) is 1.54. The van der Waals surface area contributed by atoms with Gasteiger partial charge in [-0.2, -0.15) is 0 Å². The van der Waals surface area contributed by atoms with Gasteiger partial charge in [-0.3, -0.25) is 0 Å². The molecular formula is C10H16S. The third kappa shape index (κ3) is 2.66. The summed E-state index contributed by atoms with van der Waals surface area (Å²) in [7, 11) is 0. The Morgan fingerprint density at radius 2 is 2.18 bits per heavy atom. The Hall–Kier alpha value is -0.300. The van der Waals surface area contributed by atoms with Crippen molar-refractivity contribution < 1.29 is 0 Å². The normalized spacial score (nSPS) is 10.9. The lowest BCUT2D eigenvalue weighted by Crippen LogP contribution is -1.89. The van der Waals surface area contributed by atoms with Gasteiger partial charge in [0.25, 0.3) is 0 Å². The third-order valence-electron chi connectivity index (χ3n) is 1.73. The molecule has 0 unspecified atom stereocenters. The summed E-state index contributed by atoms with van der Waals surface area (Å²) in [6.45, 7) is 6.75. The molecule has 1 rings (SSSR count). The zero-order valence-electron chi connectivity index (χ0n) is 7.55. The molecule has 0 aliphatic carbocycles. The van der Waals surface area contributed by atoms with Gasteiger partial charge in [-0.05, 0) is 35.8 Å². The molecule has 0 saturated carbocycles. The van der Waals surface area contributed by atoms with E-state index in [0.717, 1.165) is 5.92 Å². The molecule has 0 N–H and O–H groups in total. The van der Waals surface area contributed by atoms with E-state index in [1.807, 2.05) is 11.3 Å². The maximum absolute atomic E-state index is 2.34. The van der Waals surface area contributed by atoms with Crippen molar-refractivity contribution in [1.29, 1.82) is 0 Å². The summed E-state index contributed by atoms with van der Waals surface area (Å²) >= 11 is 1.90. The highest BCUT2D eigenvalue weighted by Crippen LogP contribution is 2.18. The molecule has 0 radical (unpaired) electrons. The van der Waals surface area contributed by atoms with E-state index in [9.17, 15) is 0 Å². The Morgan fingerprint density at radius 3 is 2.64 bits per heavy atom. The van der Waals surface area contributed by atoms with Crippen molar-refractivity contribution in [1.82, 2.24) is 0 Å². The SMILES string of the molecule is CCc1csc(CC(C)C)c1. The van der Waals surface area contributed by atoms with E-state index in [1.165, 1.54) is 23.3 Å². The summed E-state index contributed by atoms with van der Waals surface area (Å²) < 4.78 is 0. The predicted octanol–water partition coefficient (Wildman–Crippen LogP) is 3.51. The average molecular weight is 168 g/mol. The van der Waals surface area contributed by atoms with Crippen LogP contribution in [0.3, 0.4) is 0 Å². The van der Waals surface area contributed by atoms with E-state index in [-0.39, 0.29) is 0 Å². The van der Waals surface area contributed by atoms with Gasteiger partial charge >= 0.3 is 0 Å². The third-order valence-corrected chi connectivity index (χ3v) is 2.73. The maximum atomic E-state index is 2.34. The molecule has 1 heterocycles. The number of hydrogen-bond donors (Lipinski definition) is 0. The highest BCUT2D eigenvalue weighted by molar-refractivity contribution is 7.10. The van der Waals surface area contributed by atoms with Gasteiger partial charge in [0, 0.05) is 4.88 Å². The molecule has 1 aromatic heterocycles. The Labute approximate surface area is 73.3 Å². The number of aryl methyl sites for hydroxylation is 1. The minimum Gasteiger partial charge on any atom is -0.149 e. The summed E-state index contributed by atoms with van der Waals surface area (Å²) in [6.07, 6.45) is 2.42. The molecule has 0 atom stereocenters. The first-order valence-electron chi connectivity index (χ1n) is 4.28. The van der Waals surface area contributed by atoms with Gasteiger partial charge in [-0.1, -0.05) is 20.8 Å². The van der Waals surface area contributed by atoms with Crippen LogP contribution in [0, 0.1) is 5.92 Å². The number of rotatable bonds is 3. The predicted molar refractivity (Wildman–Crippen MR) is 52.2 cm³/mol. The quantitative estimate of drug-likeness (QED) is 0.648. The molecule has 0 fully saturated rings. The summed E-state index contributed by atoms with van der Waals surface area (Å²) in [6, 6.07) is 2.34. The molecule has 1 aromatic rings. The molecule has 0 aromatic carbocycles. The lowest BCUT2D eigenvalue weighted by Gasteiger charge is -1.99. The van der Waals surface area contributed by atoms with Crippen LogP contribution < -0.4 is 0 Å². The monoisotopic (exact) mass is 168 g/mol. The van der Waals surface area contributed by atoms with Gasteiger partial charge in [0.2, 0.25) is 0 Å². The number of hydrogen-bond acceptors (Lipinski definition) is 1. The van der Waals surface area contributed by atoms with Gasteiger partial charge in [0.15, 0.2) is 0 Å². The van der Waals surface area contributed by atoms with Crippen molar-refractivity contribution in [3.63, 3.8) is 0 Å². The lowest BCUT2D eigenvalue weighted by molar-refractivity contribution is 0.654. The van der Waals surface area contributed by atoms with Gasteiger partial charge in [0.1, 0.15) is 0 Å². The highest BCUT2D eigenvalue weighted by atomic mass is 32.1. The van der Waals surface area contributed by atoms with Crippen LogP contribution in [0.5, 0.6) is 0 Å². The van der Waals surface area contributed by atoms with E-state index < -0.39 is 0 Å². The smallest absolute Gasteiger partial charge is 0.00506 e. The van der Waals surface area contributed by atoms with Crippen molar-refractivity contribution in [2.24, 2.45) is 5.92 Å². The molecular weight excluding hydrogens is 152 g/mol. The van der Waals surface area contributed by atoms with Crippen LogP contribution in [0.25, 0.3) is 0 Å². The fraction of sp³-hybridized carbons (Fsp3) is 0.600. The first-order valence-corrected chi connectivity index (χ1v) is 5.16. The standard InChI is InChI=1S/C10H16S/c1-4-9-6-10(11-7-9)5-8(2)3/h6-8H,4-5H2,1-3H3. The number of thiophene rings is 1. The Morgan fingerprint density at radius 1 is 1.45 bits per heavy atom. The van der Waals surface area contributed by atoms with Crippen LogP contribution in [0.2, 0.25) is 0 Å². The van der Waals surface area contributed by atoms with Crippen molar-refractivity contribution in [2.75, 3.05) is 0 Å². The largest absolute Gasteiger partial charge is 0.149 e. The fourth-order valence-corrected chi connectivity index (χ4v) is 2.31. The Bertz CT molecular complexity index is 210. The van der Waals surface area contributed by atoms with Gasteiger partial charge in [-0.15, -0.1) is 11.3 Å². The zero-order valence-corrected chi connectivity index (χ0v) is 8.37. The average Bonchev–Trinajstić information content (AvgIpc) is 2.34. The lowest BCUT2D eigenvalue weighted by atomic mass is 10.1. The van der Waals surface area contributed by atoms with Crippen molar-refractivity contribution in [3.05, 3.63) is 21.9 Å². The minimum absolute atomic E-state index is 0.790. The second-order valence-corrected chi connectivity index (χ2v) is 4.37. The van der Waals surface area contributed by atoms with Crippen molar-refractivity contribution in [3.8, 4) is 0 Å². The molecule has 1 heteroatoms. The Kier molecular flexibility index (Phi) is 3.13. The molecule has 0 bridgehead atoms. The van der Waals surface area contributed by atoms with Gasteiger partial charge in [-0.25, -0.2) is 0 Å². The van der Waals surface area contributed by atoms with Gasteiger partial charge in [0.05, 0.1) is 0 Å². The minimum atomic E-state index is 0.790. The van der Waals surface area contributed by atoms with E-state index in [0.29, 0.717) is 0 Å². The van der Waals surface area contributed by atoms with Crippen LogP contribution in [0.1, 0.15) is 31.2 Å². The maximum Gasteiger partial charge on any atom is 0.00506 e. The van der Waals surface area contributed by atoms with Crippen LogP contribution in [-0.4, -0.2) is 0 Å². The van der Waals surface area contributed by atoms with E-state index in [1.54, 1.807) is 0 Å². The first kappa shape index (κ1) is 8.79. The van der Waals surface area contributed by atoms with E-state index in [2.05, 4.69) is 32.2 Å². The molecule has 0 spiro atoms. The van der Waals surface area contributed by atoms with Crippen molar-refractivity contribution >= 4 is 11.3 Å². The fourth-order valence-electron chi connectivity index (χ4n) is 1.12. The van der Waals surface area contributed by atoms with E-state index in [4.69, 9.17) is 0 Å². The van der Waals surface area contributed by atoms with Crippen LogP contribution in [0.4, 0.5) is 0 Å². The summed E-state index contributed by atoms with van der Waals surface area (Å²) in [5.74, 6) is 0.790. The van der Waals surface area contributed by atoms with Crippen molar-refractivity contribution in [2.45, 2.75) is 33.6 Å². The zero-order chi connectivity index (χ0) is 8.27. The second-order valence-electron chi connectivity index (χ2n) is 3.37. The highest BCUT2D eigenvalue weighted by Gasteiger charge is 2.00. The molecule has 0 amide bonds. The van der Waals surface area contributed by atoms with E-state index >= 15 is 0 Å². The van der Waals surface area contributed by atoms with Crippen LogP contribution in [-0.2, 0) is 12.8 Å². The molecule has 0 aliphatic heterocycles.